The van der Waals surface area contributed by atoms with Gasteiger partial charge in [0.2, 0.25) is 0 Å². The molecule has 132 valence electrons. The number of rotatable bonds is 2. The molecule has 0 aromatic heterocycles. The van der Waals surface area contributed by atoms with Crippen molar-refractivity contribution in [1.29, 1.82) is 0 Å². The molecule has 2 aliphatic rings. The van der Waals surface area contributed by atoms with Crippen molar-refractivity contribution in [2.24, 2.45) is 0 Å². The highest BCUT2D eigenvalue weighted by molar-refractivity contribution is 6.34. The summed E-state index contributed by atoms with van der Waals surface area (Å²) in [5.41, 5.74) is 0.154. The minimum absolute atomic E-state index is 0.133. The zero-order valence-corrected chi connectivity index (χ0v) is 13.8. The van der Waals surface area contributed by atoms with Crippen LogP contribution in [0.25, 0.3) is 0 Å². The molecular weight excluding hydrogens is 339 g/mol. The average Bonchev–Trinajstić information content (AvgIpc) is 2.59. The average molecular weight is 359 g/mol. The Morgan fingerprint density at radius 2 is 1.92 bits per heavy atom. The van der Waals surface area contributed by atoms with E-state index in [2.05, 4.69) is 0 Å². The summed E-state index contributed by atoms with van der Waals surface area (Å²) < 4.78 is 18.8. The fourth-order valence-electron chi connectivity index (χ4n) is 3.18. The summed E-state index contributed by atoms with van der Waals surface area (Å²) >= 11 is 5.88. The first-order chi connectivity index (χ1) is 11.5. The van der Waals surface area contributed by atoms with Crippen LogP contribution in [0.2, 0.25) is 5.02 Å². The molecule has 2 heterocycles. The molecule has 3 rings (SSSR count). The first kappa shape index (κ1) is 17.6. The van der Waals surface area contributed by atoms with Crippen LogP contribution in [0.3, 0.4) is 0 Å². The van der Waals surface area contributed by atoms with Crippen LogP contribution < -0.4 is 0 Å². The number of aliphatic hydroxyl groups is 2. The van der Waals surface area contributed by atoms with E-state index in [-0.39, 0.29) is 29.1 Å². The zero-order chi connectivity index (χ0) is 17.3. The molecule has 0 aliphatic carbocycles. The monoisotopic (exact) mass is 358 g/mol. The van der Waals surface area contributed by atoms with E-state index in [0.29, 0.717) is 32.8 Å². The van der Waals surface area contributed by atoms with Crippen molar-refractivity contribution in [3.8, 4) is 0 Å². The lowest BCUT2D eigenvalue weighted by atomic mass is 10.0. The van der Waals surface area contributed by atoms with Crippen molar-refractivity contribution in [1.82, 2.24) is 9.80 Å². The molecule has 3 atom stereocenters. The number of carbonyl (C=O) groups excluding carboxylic acids is 1. The Labute approximate surface area is 144 Å². The highest BCUT2D eigenvalue weighted by atomic mass is 35.5. The SMILES string of the molecule is O=C(c1cccc(F)c1Cl)N1CCN([C@@H]2COC[C@@H](O)[C@H]2O)CC1. The van der Waals surface area contributed by atoms with Gasteiger partial charge in [-0.1, -0.05) is 17.7 Å². The molecule has 2 aliphatic heterocycles. The second-order valence-electron chi connectivity index (χ2n) is 6.09. The Balaban J connectivity index is 1.62. The van der Waals surface area contributed by atoms with Crippen LogP contribution in [0.1, 0.15) is 10.4 Å². The van der Waals surface area contributed by atoms with Gasteiger partial charge in [-0.05, 0) is 12.1 Å². The molecule has 1 aromatic carbocycles. The first-order valence-electron chi connectivity index (χ1n) is 7.90. The predicted molar refractivity (Wildman–Crippen MR) is 85.5 cm³/mol. The van der Waals surface area contributed by atoms with Gasteiger partial charge >= 0.3 is 0 Å². The normalized spacial score (nSPS) is 28.8. The maximum atomic E-state index is 13.5. The van der Waals surface area contributed by atoms with E-state index >= 15 is 0 Å². The molecule has 24 heavy (non-hydrogen) atoms. The molecule has 0 radical (unpaired) electrons. The van der Waals surface area contributed by atoms with Gasteiger partial charge in [-0.2, -0.15) is 0 Å². The van der Waals surface area contributed by atoms with Gasteiger partial charge in [0.25, 0.3) is 5.91 Å². The number of hydrogen-bond donors (Lipinski definition) is 2. The van der Waals surface area contributed by atoms with E-state index in [1.165, 1.54) is 18.2 Å². The summed E-state index contributed by atoms with van der Waals surface area (Å²) in [5, 5.41) is 19.6. The van der Waals surface area contributed by atoms with Crippen LogP contribution in [-0.4, -0.2) is 83.6 Å². The lowest BCUT2D eigenvalue weighted by Gasteiger charge is -2.43. The second kappa shape index (κ2) is 7.33. The third-order valence-electron chi connectivity index (χ3n) is 4.62. The molecule has 0 spiro atoms. The lowest BCUT2D eigenvalue weighted by Crippen LogP contribution is -2.60. The fraction of sp³-hybridized carbons (Fsp3) is 0.562. The van der Waals surface area contributed by atoms with Crippen molar-refractivity contribution in [2.75, 3.05) is 39.4 Å². The first-order valence-corrected chi connectivity index (χ1v) is 8.28. The van der Waals surface area contributed by atoms with E-state index in [4.69, 9.17) is 16.3 Å². The number of nitrogens with zero attached hydrogens (tertiary/aromatic N) is 2. The highest BCUT2D eigenvalue weighted by Crippen LogP contribution is 2.23. The van der Waals surface area contributed by atoms with Gasteiger partial charge in [0.1, 0.15) is 11.9 Å². The molecular formula is C16H20ClFN2O4. The Hall–Kier alpha value is -1.25. The maximum Gasteiger partial charge on any atom is 0.255 e. The number of amides is 1. The van der Waals surface area contributed by atoms with E-state index in [0.717, 1.165) is 0 Å². The summed E-state index contributed by atoms with van der Waals surface area (Å²) in [6.45, 7) is 2.43. The van der Waals surface area contributed by atoms with Gasteiger partial charge in [0, 0.05) is 26.2 Å². The highest BCUT2D eigenvalue weighted by Gasteiger charge is 2.37. The number of piperazine rings is 1. The molecule has 6 nitrogen and oxygen atoms in total. The topological polar surface area (TPSA) is 73.2 Å². The quantitative estimate of drug-likeness (QED) is 0.798. The number of halogens is 2. The molecule has 0 saturated carbocycles. The number of aliphatic hydroxyl groups excluding tert-OH is 2. The van der Waals surface area contributed by atoms with Crippen molar-refractivity contribution in [2.45, 2.75) is 18.2 Å². The number of ether oxygens (including phenoxy) is 1. The Bertz CT molecular complexity index is 610. The van der Waals surface area contributed by atoms with Crippen LogP contribution in [0.5, 0.6) is 0 Å². The summed E-state index contributed by atoms with van der Waals surface area (Å²) in [6, 6.07) is 3.90. The molecule has 2 fully saturated rings. The number of carbonyl (C=O) groups is 1. The number of benzene rings is 1. The smallest absolute Gasteiger partial charge is 0.255 e. The van der Waals surface area contributed by atoms with Crippen LogP contribution in [0.4, 0.5) is 4.39 Å². The predicted octanol–water partition coefficient (Wildman–Crippen LogP) is 0.358. The molecule has 0 bridgehead atoms. The largest absolute Gasteiger partial charge is 0.389 e. The van der Waals surface area contributed by atoms with Gasteiger partial charge in [-0.25, -0.2) is 4.39 Å². The van der Waals surface area contributed by atoms with E-state index in [9.17, 15) is 19.4 Å². The lowest BCUT2D eigenvalue weighted by molar-refractivity contribution is -0.136. The minimum Gasteiger partial charge on any atom is -0.389 e. The van der Waals surface area contributed by atoms with Gasteiger partial charge in [-0.15, -0.1) is 0 Å². The Kier molecular flexibility index (Phi) is 5.36. The van der Waals surface area contributed by atoms with E-state index < -0.39 is 18.0 Å². The maximum absolute atomic E-state index is 13.5. The molecule has 0 unspecified atom stereocenters. The van der Waals surface area contributed by atoms with Gasteiger partial charge in [0.05, 0.1) is 35.9 Å². The number of hydrogen-bond acceptors (Lipinski definition) is 5. The summed E-state index contributed by atoms with van der Waals surface area (Å²) in [5.74, 6) is -0.919. The minimum atomic E-state index is -0.894. The van der Waals surface area contributed by atoms with Gasteiger partial charge < -0.3 is 19.8 Å². The Morgan fingerprint density at radius 1 is 1.21 bits per heavy atom. The summed E-state index contributed by atoms with van der Waals surface area (Å²) in [6.07, 6.45) is -1.76. The summed E-state index contributed by atoms with van der Waals surface area (Å²) in [4.78, 5) is 16.1. The van der Waals surface area contributed by atoms with Gasteiger partial charge in [0.15, 0.2) is 0 Å². The Morgan fingerprint density at radius 3 is 2.62 bits per heavy atom. The molecule has 1 amide bonds. The van der Waals surface area contributed by atoms with Gasteiger partial charge in [-0.3, -0.25) is 9.69 Å². The molecule has 2 N–H and O–H groups in total. The summed E-state index contributed by atoms with van der Waals surface area (Å²) in [7, 11) is 0. The third-order valence-corrected chi connectivity index (χ3v) is 5.00. The van der Waals surface area contributed by atoms with Crippen molar-refractivity contribution < 1.29 is 24.1 Å². The van der Waals surface area contributed by atoms with Crippen LogP contribution >= 0.6 is 11.6 Å². The van der Waals surface area contributed by atoms with Crippen LogP contribution in [0.15, 0.2) is 18.2 Å². The molecule has 2 saturated heterocycles. The van der Waals surface area contributed by atoms with Crippen molar-refractivity contribution in [3.63, 3.8) is 0 Å². The van der Waals surface area contributed by atoms with Crippen molar-refractivity contribution in [3.05, 3.63) is 34.6 Å². The van der Waals surface area contributed by atoms with Crippen LogP contribution in [0, 0.1) is 5.82 Å². The zero-order valence-electron chi connectivity index (χ0n) is 13.1. The second-order valence-corrected chi connectivity index (χ2v) is 6.47. The van der Waals surface area contributed by atoms with Crippen LogP contribution in [-0.2, 0) is 4.74 Å². The van der Waals surface area contributed by atoms with E-state index in [1.54, 1.807) is 4.90 Å². The molecule has 1 aromatic rings. The van der Waals surface area contributed by atoms with E-state index in [1.807, 2.05) is 4.90 Å². The van der Waals surface area contributed by atoms with Crippen molar-refractivity contribution >= 4 is 17.5 Å². The fourth-order valence-corrected chi connectivity index (χ4v) is 3.39. The third kappa shape index (κ3) is 3.41. The standard InChI is InChI=1S/C16H20ClFN2O4/c17-14-10(2-1-3-11(14)18)16(23)20-6-4-19(5-7-20)12-8-24-9-13(21)15(12)22/h1-3,12-13,15,21-22H,4-9H2/t12-,13-,15+/m1/s1. The molecule has 8 heteroatoms.